The lowest BCUT2D eigenvalue weighted by molar-refractivity contribution is 0.0933. The van der Waals surface area contributed by atoms with E-state index in [9.17, 15) is 4.79 Å². The minimum atomic E-state index is 0.00231. The molecule has 0 bridgehead atoms. The molecular weight excluding hydrogens is 214 g/mol. The van der Waals surface area contributed by atoms with Gasteiger partial charge in [-0.1, -0.05) is 0 Å². The number of amides is 1. The Labute approximate surface area is 102 Å². The normalized spacial score (nSPS) is 20.6. The molecule has 0 aliphatic carbocycles. The van der Waals surface area contributed by atoms with E-state index in [0.717, 1.165) is 38.0 Å². The molecule has 1 aliphatic heterocycles. The third-order valence-corrected chi connectivity index (χ3v) is 3.16. The van der Waals surface area contributed by atoms with E-state index in [2.05, 4.69) is 15.6 Å². The van der Waals surface area contributed by atoms with Gasteiger partial charge in [0.05, 0.1) is 5.56 Å². The summed E-state index contributed by atoms with van der Waals surface area (Å²) in [6.45, 7) is 3.90. The quantitative estimate of drug-likeness (QED) is 0.808. The summed E-state index contributed by atoms with van der Waals surface area (Å²) in [7, 11) is 0. The molecule has 1 aromatic heterocycles. The fourth-order valence-corrected chi connectivity index (χ4v) is 2.15. The van der Waals surface area contributed by atoms with Gasteiger partial charge in [-0.05, 0) is 51.4 Å². The molecule has 92 valence electrons. The first-order valence-electron chi connectivity index (χ1n) is 6.20. The van der Waals surface area contributed by atoms with Crippen molar-refractivity contribution in [2.75, 3.05) is 13.1 Å². The first-order chi connectivity index (χ1) is 8.27. The summed E-state index contributed by atoms with van der Waals surface area (Å²) in [5.74, 6) is 0.00231. The standard InChI is InChI=1S/C13H19N3O/c1-10-12(5-3-8-15-10)13(17)16-11-4-2-7-14-9-6-11/h3,5,8,11,14H,2,4,6-7,9H2,1H3,(H,16,17). The smallest absolute Gasteiger partial charge is 0.253 e. The molecule has 0 radical (unpaired) electrons. The molecule has 0 saturated carbocycles. The lowest BCUT2D eigenvalue weighted by atomic mass is 10.1. The highest BCUT2D eigenvalue weighted by Gasteiger charge is 2.16. The van der Waals surface area contributed by atoms with Gasteiger partial charge in [-0.3, -0.25) is 9.78 Å². The van der Waals surface area contributed by atoms with Crippen LogP contribution in [0.25, 0.3) is 0 Å². The largest absolute Gasteiger partial charge is 0.349 e. The van der Waals surface area contributed by atoms with Gasteiger partial charge in [-0.2, -0.15) is 0 Å². The Hall–Kier alpha value is -1.42. The Kier molecular flexibility index (Phi) is 4.09. The zero-order valence-electron chi connectivity index (χ0n) is 10.2. The van der Waals surface area contributed by atoms with Crippen LogP contribution in [-0.2, 0) is 0 Å². The molecule has 1 saturated heterocycles. The number of carbonyl (C=O) groups is 1. The Morgan fingerprint density at radius 1 is 1.47 bits per heavy atom. The summed E-state index contributed by atoms with van der Waals surface area (Å²) >= 11 is 0. The molecule has 4 nitrogen and oxygen atoms in total. The van der Waals surface area contributed by atoms with Crippen LogP contribution in [0.15, 0.2) is 18.3 Å². The van der Waals surface area contributed by atoms with E-state index in [1.54, 1.807) is 12.3 Å². The minimum Gasteiger partial charge on any atom is -0.349 e. The van der Waals surface area contributed by atoms with Gasteiger partial charge in [0.25, 0.3) is 5.91 Å². The van der Waals surface area contributed by atoms with Crippen LogP contribution in [0, 0.1) is 6.92 Å². The van der Waals surface area contributed by atoms with Crippen molar-refractivity contribution in [3.8, 4) is 0 Å². The van der Waals surface area contributed by atoms with Crippen LogP contribution in [0.3, 0.4) is 0 Å². The van der Waals surface area contributed by atoms with Crippen molar-refractivity contribution < 1.29 is 4.79 Å². The van der Waals surface area contributed by atoms with Gasteiger partial charge in [0.15, 0.2) is 0 Å². The molecule has 0 aromatic carbocycles. The maximum Gasteiger partial charge on any atom is 0.253 e. The van der Waals surface area contributed by atoms with E-state index in [1.807, 2.05) is 13.0 Å². The van der Waals surface area contributed by atoms with Gasteiger partial charge >= 0.3 is 0 Å². The van der Waals surface area contributed by atoms with E-state index >= 15 is 0 Å². The molecule has 1 amide bonds. The predicted octanol–water partition coefficient (Wildman–Crippen LogP) is 1.26. The molecule has 1 atom stereocenters. The fourth-order valence-electron chi connectivity index (χ4n) is 2.15. The van der Waals surface area contributed by atoms with Crippen LogP contribution in [0.1, 0.15) is 35.3 Å². The Morgan fingerprint density at radius 2 is 2.35 bits per heavy atom. The van der Waals surface area contributed by atoms with Crippen molar-refractivity contribution in [1.82, 2.24) is 15.6 Å². The second-order valence-corrected chi connectivity index (χ2v) is 4.49. The molecule has 1 aliphatic rings. The molecule has 2 heterocycles. The summed E-state index contributed by atoms with van der Waals surface area (Å²) in [5, 5.41) is 6.44. The van der Waals surface area contributed by atoms with Crippen molar-refractivity contribution in [2.24, 2.45) is 0 Å². The fraction of sp³-hybridized carbons (Fsp3) is 0.538. The third-order valence-electron chi connectivity index (χ3n) is 3.16. The highest BCUT2D eigenvalue weighted by atomic mass is 16.1. The van der Waals surface area contributed by atoms with Crippen molar-refractivity contribution >= 4 is 5.91 Å². The number of hydrogen-bond donors (Lipinski definition) is 2. The Morgan fingerprint density at radius 3 is 3.18 bits per heavy atom. The summed E-state index contributed by atoms with van der Waals surface area (Å²) in [4.78, 5) is 16.2. The van der Waals surface area contributed by atoms with Crippen molar-refractivity contribution in [2.45, 2.75) is 32.2 Å². The molecule has 1 unspecified atom stereocenters. The topological polar surface area (TPSA) is 54.0 Å². The lowest BCUT2D eigenvalue weighted by Gasteiger charge is -2.16. The molecule has 17 heavy (non-hydrogen) atoms. The third kappa shape index (κ3) is 3.27. The average molecular weight is 233 g/mol. The number of hydrogen-bond acceptors (Lipinski definition) is 3. The van der Waals surface area contributed by atoms with Crippen LogP contribution in [0.4, 0.5) is 0 Å². The van der Waals surface area contributed by atoms with Crippen LogP contribution in [-0.4, -0.2) is 30.0 Å². The average Bonchev–Trinajstić information content (AvgIpc) is 2.58. The van der Waals surface area contributed by atoms with Crippen molar-refractivity contribution in [3.63, 3.8) is 0 Å². The van der Waals surface area contributed by atoms with Gasteiger partial charge < -0.3 is 10.6 Å². The molecule has 1 fully saturated rings. The number of aromatic nitrogens is 1. The van der Waals surface area contributed by atoms with Crippen molar-refractivity contribution in [3.05, 3.63) is 29.6 Å². The van der Waals surface area contributed by atoms with Gasteiger partial charge in [-0.25, -0.2) is 0 Å². The minimum absolute atomic E-state index is 0.00231. The maximum absolute atomic E-state index is 12.1. The van der Waals surface area contributed by atoms with Gasteiger partial charge in [0, 0.05) is 17.9 Å². The predicted molar refractivity (Wildman–Crippen MR) is 66.9 cm³/mol. The SMILES string of the molecule is Cc1ncccc1C(=O)NC1CCCNCC1. The van der Waals surface area contributed by atoms with Crippen LogP contribution >= 0.6 is 0 Å². The van der Waals surface area contributed by atoms with Crippen LogP contribution in [0.5, 0.6) is 0 Å². The number of carbonyl (C=O) groups excluding carboxylic acids is 1. The number of nitrogens with zero attached hydrogens (tertiary/aromatic N) is 1. The summed E-state index contributed by atoms with van der Waals surface area (Å²) in [6.07, 6.45) is 4.89. The van der Waals surface area contributed by atoms with Crippen LogP contribution < -0.4 is 10.6 Å². The highest BCUT2D eigenvalue weighted by Crippen LogP contribution is 2.08. The second-order valence-electron chi connectivity index (χ2n) is 4.49. The summed E-state index contributed by atoms with van der Waals surface area (Å²) in [6, 6.07) is 3.92. The Bertz CT molecular complexity index is 384. The molecule has 0 spiro atoms. The first kappa shape index (κ1) is 12.0. The number of aryl methyl sites for hydroxylation is 1. The first-order valence-corrected chi connectivity index (χ1v) is 6.20. The van der Waals surface area contributed by atoms with Gasteiger partial charge in [0.1, 0.15) is 0 Å². The van der Waals surface area contributed by atoms with E-state index in [-0.39, 0.29) is 11.9 Å². The van der Waals surface area contributed by atoms with Crippen LogP contribution in [0.2, 0.25) is 0 Å². The number of nitrogens with one attached hydrogen (secondary N) is 2. The van der Waals surface area contributed by atoms with E-state index in [0.29, 0.717) is 5.56 Å². The van der Waals surface area contributed by atoms with Gasteiger partial charge in [-0.15, -0.1) is 0 Å². The van der Waals surface area contributed by atoms with E-state index < -0.39 is 0 Å². The van der Waals surface area contributed by atoms with Crippen molar-refractivity contribution in [1.29, 1.82) is 0 Å². The molecular formula is C13H19N3O. The molecule has 2 rings (SSSR count). The second kappa shape index (κ2) is 5.77. The molecule has 2 N–H and O–H groups in total. The maximum atomic E-state index is 12.1. The monoisotopic (exact) mass is 233 g/mol. The van der Waals surface area contributed by atoms with E-state index in [4.69, 9.17) is 0 Å². The lowest BCUT2D eigenvalue weighted by Crippen LogP contribution is -2.35. The molecule has 4 heteroatoms. The van der Waals surface area contributed by atoms with E-state index in [1.165, 1.54) is 0 Å². The Balaban J connectivity index is 1.98. The summed E-state index contributed by atoms with van der Waals surface area (Å²) < 4.78 is 0. The number of pyridine rings is 1. The zero-order chi connectivity index (χ0) is 12.1. The van der Waals surface area contributed by atoms with Gasteiger partial charge in [0.2, 0.25) is 0 Å². The summed E-state index contributed by atoms with van der Waals surface area (Å²) in [5.41, 5.74) is 1.47. The molecule has 1 aromatic rings. The zero-order valence-corrected chi connectivity index (χ0v) is 10.2. The highest BCUT2D eigenvalue weighted by molar-refractivity contribution is 5.95. The number of rotatable bonds is 2.